The number of esters is 1. The number of nitrogen functional groups attached to an aromatic ring is 1. The van der Waals surface area contributed by atoms with Crippen LogP contribution >= 0.6 is 11.3 Å². The lowest BCUT2D eigenvalue weighted by atomic mass is 9.84. The quantitative estimate of drug-likeness (QED) is 0.0509. The number of hydrogen-bond acceptors (Lipinski definition) is 10. The molecule has 59 heavy (non-hydrogen) atoms. The number of nitrogens with zero attached hydrogens (tertiary/aromatic N) is 3. The lowest BCUT2D eigenvalue weighted by Crippen LogP contribution is -2.59. The van der Waals surface area contributed by atoms with Gasteiger partial charge in [-0.1, -0.05) is 72.8 Å². The molecule has 0 saturated carbocycles. The summed E-state index contributed by atoms with van der Waals surface area (Å²) in [7, 11) is 1.95. The Labute approximate surface area is 354 Å². The van der Waals surface area contributed by atoms with Crippen molar-refractivity contribution in [3.8, 4) is 0 Å². The molecule has 1 aromatic carbocycles. The Kier molecular flexibility index (Phi) is 19.2. The first-order valence-electron chi connectivity index (χ1n) is 21.3. The molecule has 1 aliphatic heterocycles. The highest BCUT2D eigenvalue weighted by Crippen LogP contribution is 2.32. The number of nitrogens with one attached hydrogen (secondary N) is 2. The Morgan fingerprint density at radius 2 is 1.81 bits per heavy atom. The van der Waals surface area contributed by atoms with Crippen molar-refractivity contribution in [3.63, 3.8) is 0 Å². The third-order valence-electron chi connectivity index (χ3n) is 11.6. The third kappa shape index (κ3) is 14.5. The monoisotopic (exact) mass is 844 g/mol. The fraction of sp³-hybridized carbons (Fsp3) is 0.682. The van der Waals surface area contributed by atoms with Gasteiger partial charge in [-0.2, -0.15) is 0 Å². The fourth-order valence-corrected chi connectivity index (χ4v) is 8.54. The number of hydrogen-bond donors (Lipinski definition) is 4. The van der Waals surface area contributed by atoms with Crippen molar-refractivity contribution in [1.29, 1.82) is 0 Å². The number of benzene rings is 1. The highest BCUT2D eigenvalue weighted by Gasteiger charge is 2.39. The third-order valence-corrected chi connectivity index (χ3v) is 12.5. The van der Waals surface area contributed by atoms with Crippen molar-refractivity contribution < 1.29 is 38.2 Å². The smallest absolute Gasteiger partial charge is 0.309 e. The van der Waals surface area contributed by atoms with Gasteiger partial charge in [0.05, 0.1) is 17.1 Å². The van der Waals surface area contributed by atoms with Crippen LogP contribution in [0.5, 0.6) is 0 Å². The highest BCUT2D eigenvalue weighted by atomic mass is 32.1. The number of carboxylic acid groups (broad SMARTS) is 1. The number of carbonyl (C=O) groups is 5. The number of unbranched alkanes of at least 4 members (excludes halogenated alkanes) is 3. The maximum Gasteiger partial charge on any atom is 0.309 e. The molecule has 3 amide bonds. The van der Waals surface area contributed by atoms with E-state index in [9.17, 15) is 33.5 Å². The van der Waals surface area contributed by atoms with Crippen molar-refractivity contribution in [1.82, 2.24) is 25.4 Å². The molecule has 0 radical (unpaired) electrons. The number of piperidine rings is 1. The predicted octanol–water partition coefficient (Wildman–Crippen LogP) is 7.15. The zero-order valence-corrected chi connectivity index (χ0v) is 37.5. The van der Waals surface area contributed by atoms with Crippen LogP contribution in [0.25, 0.3) is 0 Å². The molecule has 1 fully saturated rings. The normalized spacial score (nSPS) is 17.4. The average molecular weight is 845 g/mol. The Morgan fingerprint density at radius 1 is 1.10 bits per heavy atom. The van der Waals surface area contributed by atoms with E-state index in [1.54, 1.807) is 25.3 Å². The van der Waals surface area contributed by atoms with E-state index < -0.39 is 53.3 Å². The van der Waals surface area contributed by atoms with E-state index in [-0.39, 0.29) is 60.3 Å². The Morgan fingerprint density at radius 3 is 2.41 bits per heavy atom. The number of rotatable bonds is 23. The maximum atomic E-state index is 14.9. The Balaban J connectivity index is 1.95. The van der Waals surface area contributed by atoms with Gasteiger partial charge in [0.15, 0.2) is 6.10 Å². The van der Waals surface area contributed by atoms with Gasteiger partial charge in [0, 0.05) is 37.4 Å². The SMILES string of the molecule is CCCCCCN(C(=O)[C@@H](NC(=O)[C@H]1CCCCN1C)[C@@H](C)CC)[C@H](C[C@@H](OC(C)=O)c1nc(C(=O)N[C@H](Cc2ccc(N)c(F)c2)CC(C)(C)C(=O)O)cs1)C(C)C. The van der Waals surface area contributed by atoms with E-state index in [1.165, 1.54) is 19.1 Å². The number of carbonyl (C=O) groups excluding carboxylic acids is 4. The molecule has 13 nitrogen and oxygen atoms in total. The molecule has 0 bridgehead atoms. The molecule has 0 unspecified atom stereocenters. The summed E-state index contributed by atoms with van der Waals surface area (Å²) in [5, 5.41) is 17.9. The average Bonchev–Trinajstić information content (AvgIpc) is 3.67. The van der Waals surface area contributed by atoms with Gasteiger partial charge in [0.2, 0.25) is 11.8 Å². The summed E-state index contributed by atoms with van der Waals surface area (Å²) in [5.74, 6) is -3.31. The fourth-order valence-electron chi connectivity index (χ4n) is 7.70. The second-order valence-electron chi connectivity index (χ2n) is 17.3. The molecule has 3 rings (SSSR count). The maximum absolute atomic E-state index is 14.9. The summed E-state index contributed by atoms with van der Waals surface area (Å²) in [6.07, 6.45) is 6.61. The van der Waals surface area contributed by atoms with Crippen LogP contribution in [0, 0.1) is 23.1 Å². The molecule has 1 aromatic heterocycles. The molecular formula is C44H69FN6O7S. The number of amides is 3. The second kappa shape index (κ2) is 23.0. The van der Waals surface area contributed by atoms with Crippen LogP contribution in [-0.2, 0) is 30.3 Å². The molecule has 2 aromatic rings. The van der Waals surface area contributed by atoms with Gasteiger partial charge in [-0.25, -0.2) is 9.37 Å². The van der Waals surface area contributed by atoms with Crippen LogP contribution in [0.2, 0.25) is 0 Å². The van der Waals surface area contributed by atoms with E-state index in [0.717, 1.165) is 62.8 Å². The lowest BCUT2D eigenvalue weighted by Gasteiger charge is -2.40. The van der Waals surface area contributed by atoms with Gasteiger partial charge < -0.3 is 31.1 Å². The van der Waals surface area contributed by atoms with Gasteiger partial charge in [0.1, 0.15) is 22.6 Å². The Bertz CT molecular complexity index is 1720. The summed E-state index contributed by atoms with van der Waals surface area (Å²) in [6, 6.07) is 2.15. The van der Waals surface area contributed by atoms with Crippen molar-refractivity contribution in [3.05, 3.63) is 45.7 Å². The van der Waals surface area contributed by atoms with Crippen molar-refractivity contribution in [2.45, 2.75) is 156 Å². The zero-order valence-electron chi connectivity index (χ0n) is 36.6. The largest absolute Gasteiger partial charge is 0.481 e. The van der Waals surface area contributed by atoms with Gasteiger partial charge in [0.25, 0.3) is 5.91 Å². The number of thiazole rings is 1. The minimum atomic E-state index is -1.22. The highest BCUT2D eigenvalue weighted by molar-refractivity contribution is 7.09. The van der Waals surface area contributed by atoms with Crippen molar-refractivity contribution in [2.24, 2.45) is 17.3 Å². The minimum absolute atomic E-state index is 0.0222. The number of aromatic nitrogens is 1. The summed E-state index contributed by atoms with van der Waals surface area (Å²) >= 11 is 1.15. The standard InChI is InChI=1S/C44H69FN6O7S/c1-10-12-13-15-21-51(42(55)38(28(5)11-2)49-40(54)35-17-14-16-20-50(35)9)36(27(3)4)24-37(58-29(6)52)41-48-34(26-59-41)39(53)47-31(25-44(7,8)43(56)57)22-30-18-19-33(46)32(45)23-30/h18-19,23,26-28,31,35-38H,10-17,20-22,24-25,46H2,1-9H3,(H,47,53)(H,49,54)(H,56,57)/t28-,31+,35+,36+,37+,38-/m0/s1. The molecule has 330 valence electrons. The number of aliphatic carboxylic acids is 1. The molecule has 5 N–H and O–H groups in total. The molecule has 1 aliphatic rings. The molecule has 15 heteroatoms. The molecule has 0 spiro atoms. The molecular weight excluding hydrogens is 776 g/mol. The number of carboxylic acids is 1. The van der Waals surface area contributed by atoms with Gasteiger partial charge in [-0.3, -0.25) is 28.9 Å². The number of nitrogens with two attached hydrogens (primary N) is 1. The van der Waals surface area contributed by atoms with E-state index in [0.29, 0.717) is 23.5 Å². The van der Waals surface area contributed by atoms with E-state index in [2.05, 4.69) is 27.4 Å². The van der Waals surface area contributed by atoms with Crippen LogP contribution in [0.1, 0.15) is 147 Å². The lowest BCUT2D eigenvalue weighted by molar-refractivity contribution is -0.150. The number of halogens is 1. The topological polar surface area (TPSA) is 184 Å². The molecule has 1 saturated heterocycles. The minimum Gasteiger partial charge on any atom is -0.481 e. The Hall–Kier alpha value is -4.11. The van der Waals surface area contributed by atoms with Crippen molar-refractivity contribution >= 4 is 46.7 Å². The first-order chi connectivity index (χ1) is 27.8. The van der Waals surface area contributed by atoms with Gasteiger partial charge in [-0.15, -0.1) is 11.3 Å². The van der Waals surface area contributed by atoms with Gasteiger partial charge >= 0.3 is 11.9 Å². The summed E-state index contributed by atoms with van der Waals surface area (Å²) < 4.78 is 20.2. The summed E-state index contributed by atoms with van der Waals surface area (Å²) in [4.78, 5) is 75.6. The molecule has 0 aliphatic carbocycles. The first kappa shape index (κ1) is 49.3. The van der Waals surface area contributed by atoms with Crippen LogP contribution < -0.4 is 16.4 Å². The molecule has 6 atom stereocenters. The van der Waals surface area contributed by atoms with E-state index in [4.69, 9.17) is 10.5 Å². The first-order valence-corrected chi connectivity index (χ1v) is 22.2. The van der Waals surface area contributed by atoms with Crippen LogP contribution in [-0.4, -0.2) is 93.9 Å². The number of anilines is 1. The number of ether oxygens (including phenoxy) is 1. The van der Waals surface area contributed by atoms with E-state index >= 15 is 0 Å². The summed E-state index contributed by atoms with van der Waals surface area (Å²) in [5.41, 5.74) is 5.00. The van der Waals surface area contributed by atoms with E-state index in [1.807, 2.05) is 39.6 Å². The van der Waals surface area contributed by atoms with Crippen molar-refractivity contribution in [2.75, 3.05) is 25.9 Å². The van der Waals surface area contributed by atoms with Crippen LogP contribution in [0.3, 0.4) is 0 Å². The predicted molar refractivity (Wildman–Crippen MR) is 229 cm³/mol. The summed E-state index contributed by atoms with van der Waals surface area (Å²) in [6.45, 7) is 15.8. The van der Waals surface area contributed by atoms with Crippen LogP contribution in [0.4, 0.5) is 10.1 Å². The molecule has 2 heterocycles. The zero-order chi connectivity index (χ0) is 44.0. The van der Waals surface area contributed by atoms with Gasteiger partial charge in [-0.05, 0) is 89.1 Å². The second-order valence-corrected chi connectivity index (χ2v) is 18.2. The number of likely N-dealkylation sites (tertiary alicyclic amines) is 1. The van der Waals surface area contributed by atoms with Crippen LogP contribution in [0.15, 0.2) is 23.6 Å². The number of likely N-dealkylation sites (N-methyl/N-ethyl adjacent to an activating group) is 1.